The van der Waals surface area contributed by atoms with Gasteiger partial charge in [0.15, 0.2) is 11.5 Å². The largest absolute Gasteiger partial charge is 0.459 e. The molecule has 0 unspecified atom stereocenters. The smallest absolute Gasteiger partial charge is 0.342 e. The minimum absolute atomic E-state index is 0.135. The average molecular weight is 423 g/mol. The number of carbonyl (C=O) groups is 2. The van der Waals surface area contributed by atoms with Gasteiger partial charge in [-0.15, -0.1) is 11.3 Å². The molecule has 0 saturated heterocycles. The zero-order chi connectivity index (χ0) is 21.3. The lowest BCUT2D eigenvalue weighted by Crippen LogP contribution is -2.16. The van der Waals surface area contributed by atoms with Crippen molar-refractivity contribution in [2.75, 3.05) is 12.1 Å². The Kier molecular flexibility index (Phi) is 5.46. The Morgan fingerprint density at radius 1 is 1.07 bits per heavy atom. The number of hydrogen-bond acceptors (Lipinski definition) is 6. The number of rotatable bonds is 5. The Labute approximate surface area is 178 Å². The number of fused-ring (bicyclic) bond motifs is 1. The van der Waals surface area contributed by atoms with Crippen molar-refractivity contribution in [1.29, 1.82) is 0 Å². The molecule has 0 bridgehead atoms. The fourth-order valence-corrected chi connectivity index (χ4v) is 4.33. The normalized spacial score (nSPS) is 12.1. The molecule has 2 aromatic carbocycles. The van der Waals surface area contributed by atoms with Crippen LogP contribution in [0.3, 0.4) is 0 Å². The van der Waals surface area contributed by atoms with Crippen LogP contribution >= 0.6 is 11.3 Å². The number of esters is 1. The van der Waals surface area contributed by atoms with Crippen LogP contribution in [0.25, 0.3) is 11.1 Å². The van der Waals surface area contributed by atoms with Crippen molar-refractivity contribution in [3.63, 3.8) is 0 Å². The quantitative estimate of drug-likeness (QED) is 0.566. The van der Waals surface area contributed by atoms with E-state index in [0.29, 0.717) is 27.6 Å². The molecule has 1 N–H and O–H groups in total. The van der Waals surface area contributed by atoms with Crippen LogP contribution in [0.5, 0.6) is 11.5 Å². The van der Waals surface area contributed by atoms with Crippen molar-refractivity contribution in [2.45, 2.75) is 26.9 Å². The van der Waals surface area contributed by atoms with E-state index in [1.54, 1.807) is 32.0 Å². The van der Waals surface area contributed by atoms with Gasteiger partial charge in [0, 0.05) is 16.0 Å². The number of aryl methyl sites for hydroxylation is 1. The van der Waals surface area contributed by atoms with E-state index >= 15 is 0 Å². The van der Waals surface area contributed by atoms with Crippen LogP contribution in [-0.2, 0) is 4.74 Å². The molecule has 0 spiro atoms. The van der Waals surface area contributed by atoms with Gasteiger partial charge in [-0.25, -0.2) is 4.79 Å². The van der Waals surface area contributed by atoms with Gasteiger partial charge in [-0.2, -0.15) is 0 Å². The van der Waals surface area contributed by atoms with Gasteiger partial charge in [-0.1, -0.05) is 30.3 Å². The number of amides is 1. The third kappa shape index (κ3) is 3.89. The molecule has 2 heterocycles. The molecule has 30 heavy (non-hydrogen) atoms. The molecular weight excluding hydrogens is 402 g/mol. The number of carbonyl (C=O) groups excluding carboxylic acids is 2. The van der Waals surface area contributed by atoms with Crippen molar-refractivity contribution in [2.24, 2.45) is 0 Å². The Bertz CT molecular complexity index is 1100. The summed E-state index contributed by atoms with van der Waals surface area (Å²) in [7, 11) is 0. The van der Waals surface area contributed by atoms with Gasteiger partial charge in [-0.05, 0) is 44.5 Å². The summed E-state index contributed by atoms with van der Waals surface area (Å²) >= 11 is 1.35. The summed E-state index contributed by atoms with van der Waals surface area (Å²) in [4.78, 5) is 26.8. The van der Waals surface area contributed by atoms with Crippen LogP contribution in [-0.4, -0.2) is 24.8 Å². The molecule has 7 heteroatoms. The predicted octanol–water partition coefficient (Wildman–Crippen LogP) is 5.27. The van der Waals surface area contributed by atoms with Crippen LogP contribution in [0.4, 0.5) is 5.00 Å². The van der Waals surface area contributed by atoms with Crippen molar-refractivity contribution < 1.29 is 23.8 Å². The first kappa shape index (κ1) is 20.0. The molecular formula is C23H21NO5S. The minimum Gasteiger partial charge on any atom is -0.459 e. The zero-order valence-corrected chi connectivity index (χ0v) is 17.7. The molecule has 1 aliphatic heterocycles. The van der Waals surface area contributed by atoms with E-state index in [-0.39, 0.29) is 18.8 Å². The van der Waals surface area contributed by atoms with E-state index in [0.717, 1.165) is 16.0 Å². The number of benzene rings is 2. The molecule has 4 rings (SSSR count). The van der Waals surface area contributed by atoms with Crippen LogP contribution in [0, 0.1) is 6.92 Å². The summed E-state index contributed by atoms with van der Waals surface area (Å²) in [6.07, 6.45) is -0.279. The minimum atomic E-state index is -0.464. The van der Waals surface area contributed by atoms with Gasteiger partial charge in [0.1, 0.15) is 10.6 Å². The number of nitrogens with one attached hydrogen (secondary N) is 1. The summed E-state index contributed by atoms with van der Waals surface area (Å²) < 4.78 is 16.1. The topological polar surface area (TPSA) is 73.9 Å². The van der Waals surface area contributed by atoms with Gasteiger partial charge >= 0.3 is 5.97 Å². The fraction of sp³-hybridized carbons (Fsp3) is 0.217. The van der Waals surface area contributed by atoms with Crippen LogP contribution in [0.15, 0.2) is 48.5 Å². The second-order valence-electron chi connectivity index (χ2n) is 7.08. The van der Waals surface area contributed by atoms with Crippen LogP contribution in [0.2, 0.25) is 0 Å². The standard InChI is InChI=1S/C23H21NO5S/c1-13(2)29-23(26)20-19(15-7-5-4-6-8-15)14(3)30-22(20)24-21(25)16-9-10-17-18(11-16)28-12-27-17/h4-11,13H,12H2,1-3H3,(H,24,25). The van der Waals surface area contributed by atoms with Gasteiger partial charge < -0.3 is 19.5 Å². The van der Waals surface area contributed by atoms with Gasteiger partial charge in [0.05, 0.1) is 6.10 Å². The first-order valence-electron chi connectivity index (χ1n) is 9.55. The third-order valence-electron chi connectivity index (χ3n) is 4.56. The molecule has 0 aliphatic carbocycles. The maximum Gasteiger partial charge on any atom is 0.342 e. The Hall–Kier alpha value is -3.32. The number of hydrogen-bond donors (Lipinski definition) is 1. The maximum atomic E-state index is 13.0. The number of thiophene rings is 1. The molecule has 3 aromatic rings. The van der Waals surface area contributed by atoms with Crippen molar-refractivity contribution in [1.82, 2.24) is 0 Å². The fourth-order valence-electron chi connectivity index (χ4n) is 3.27. The Balaban J connectivity index is 1.72. The second kappa shape index (κ2) is 8.20. The summed E-state index contributed by atoms with van der Waals surface area (Å²) in [5, 5.41) is 3.34. The first-order valence-corrected chi connectivity index (χ1v) is 10.4. The Morgan fingerprint density at radius 2 is 1.80 bits per heavy atom. The summed E-state index contributed by atoms with van der Waals surface area (Å²) in [6.45, 7) is 5.65. The van der Waals surface area contributed by atoms with Crippen molar-refractivity contribution in [3.8, 4) is 22.6 Å². The highest BCUT2D eigenvalue weighted by atomic mass is 32.1. The molecule has 154 valence electrons. The third-order valence-corrected chi connectivity index (χ3v) is 5.58. The van der Waals surface area contributed by atoms with Crippen LogP contribution in [0.1, 0.15) is 39.4 Å². The van der Waals surface area contributed by atoms with Crippen molar-refractivity contribution >= 4 is 28.2 Å². The monoisotopic (exact) mass is 423 g/mol. The van der Waals surface area contributed by atoms with E-state index in [4.69, 9.17) is 14.2 Å². The van der Waals surface area contributed by atoms with E-state index in [9.17, 15) is 9.59 Å². The number of anilines is 1. The van der Waals surface area contributed by atoms with E-state index in [1.165, 1.54) is 11.3 Å². The maximum absolute atomic E-state index is 13.0. The van der Waals surface area contributed by atoms with E-state index in [2.05, 4.69) is 5.32 Å². The molecule has 6 nitrogen and oxygen atoms in total. The average Bonchev–Trinajstić information content (AvgIpc) is 3.31. The molecule has 0 fully saturated rings. The summed E-state index contributed by atoms with van der Waals surface area (Å²) in [5.41, 5.74) is 2.44. The van der Waals surface area contributed by atoms with E-state index < -0.39 is 5.97 Å². The first-order chi connectivity index (χ1) is 14.4. The molecule has 0 saturated carbocycles. The van der Waals surface area contributed by atoms with Gasteiger partial charge in [0.25, 0.3) is 5.91 Å². The summed E-state index contributed by atoms with van der Waals surface area (Å²) in [6, 6.07) is 14.6. The van der Waals surface area contributed by atoms with Gasteiger partial charge in [0.2, 0.25) is 6.79 Å². The highest BCUT2D eigenvalue weighted by Gasteiger charge is 2.27. The van der Waals surface area contributed by atoms with Crippen molar-refractivity contribution in [3.05, 3.63) is 64.5 Å². The molecule has 1 aromatic heterocycles. The zero-order valence-electron chi connectivity index (χ0n) is 16.9. The molecule has 0 atom stereocenters. The molecule has 1 aliphatic rings. The predicted molar refractivity (Wildman–Crippen MR) is 116 cm³/mol. The lowest BCUT2D eigenvalue weighted by atomic mass is 10.0. The highest BCUT2D eigenvalue weighted by molar-refractivity contribution is 7.17. The Morgan fingerprint density at radius 3 is 2.53 bits per heavy atom. The van der Waals surface area contributed by atoms with E-state index in [1.807, 2.05) is 37.3 Å². The van der Waals surface area contributed by atoms with Crippen LogP contribution < -0.4 is 14.8 Å². The lowest BCUT2D eigenvalue weighted by Gasteiger charge is -2.12. The molecule has 0 radical (unpaired) electrons. The second-order valence-corrected chi connectivity index (χ2v) is 8.30. The summed E-state index contributed by atoms with van der Waals surface area (Å²) in [5.74, 6) is 0.322. The SMILES string of the molecule is Cc1sc(NC(=O)c2ccc3c(c2)OCO3)c(C(=O)OC(C)C)c1-c1ccccc1. The number of ether oxygens (including phenoxy) is 3. The van der Waals surface area contributed by atoms with Gasteiger partial charge in [-0.3, -0.25) is 4.79 Å². The molecule has 1 amide bonds. The lowest BCUT2D eigenvalue weighted by molar-refractivity contribution is 0.0380. The highest BCUT2D eigenvalue weighted by Crippen LogP contribution is 2.41.